The van der Waals surface area contributed by atoms with Crippen LogP contribution < -0.4 is 5.32 Å². The van der Waals surface area contributed by atoms with Crippen LogP contribution in [0.5, 0.6) is 0 Å². The Morgan fingerprint density at radius 1 is 1.22 bits per heavy atom. The normalized spacial score (nSPS) is 10.7. The number of aromatic nitrogens is 3. The Morgan fingerprint density at radius 2 is 2.00 bits per heavy atom. The molecule has 0 radical (unpaired) electrons. The number of hydrogen-bond acceptors (Lipinski definition) is 4. The Labute approximate surface area is 115 Å². The molecule has 0 aliphatic heterocycles. The molecule has 0 bridgehead atoms. The lowest BCUT2D eigenvalue weighted by Gasteiger charge is -2.09. The number of nitrogens with zero attached hydrogens (tertiary/aromatic N) is 3. The van der Waals surface area contributed by atoms with Crippen LogP contribution in [0.2, 0.25) is 0 Å². The number of nitrogens with one attached hydrogen (secondary N) is 1. The van der Waals surface area contributed by atoms with E-state index in [2.05, 4.69) is 50.0 Å². The van der Waals surface area contributed by atoms with Crippen molar-refractivity contribution >= 4 is 21.7 Å². The van der Waals surface area contributed by atoms with E-state index in [0.717, 1.165) is 21.7 Å². The molecule has 0 aliphatic rings. The van der Waals surface area contributed by atoms with Crippen LogP contribution in [-0.2, 0) is 0 Å². The average molecular weight is 307 g/mol. The van der Waals surface area contributed by atoms with Gasteiger partial charge in [-0.05, 0) is 34.0 Å². The van der Waals surface area contributed by atoms with Gasteiger partial charge in [0.2, 0.25) is 0 Å². The summed E-state index contributed by atoms with van der Waals surface area (Å²) in [5.74, 6) is 1.82. The Balaban J connectivity index is 2.49. The van der Waals surface area contributed by atoms with Crippen molar-refractivity contribution in [2.75, 3.05) is 12.4 Å². The summed E-state index contributed by atoms with van der Waals surface area (Å²) in [5, 5.41) is 3.06. The van der Waals surface area contributed by atoms with E-state index in [1.165, 1.54) is 0 Å². The van der Waals surface area contributed by atoms with Gasteiger partial charge in [-0.25, -0.2) is 9.97 Å². The first kappa shape index (κ1) is 13.0. The second kappa shape index (κ2) is 5.44. The molecule has 0 unspecified atom stereocenters. The number of anilines is 1. The second-order valence-corrected chi connectivity index (χ2v) is 5.18. The van der Waals surface area contributed by atoms with E-state index in [9.17, 15) is 0 Å². The van der Waals surface area contributed by atoms with Crippen LogP contribution in [0.3, 0.4) is 0 Å². The van der Waals surface area contributed by atoms with Crippen molar-refractivity contribution in [2.45, 2.75) is 19.8 Å². The highest BCUT2D eigenvalue weighted by Gasteiger charge is 2.09. The van der Waals surface area contributed by atoms with Crippen molar-refractivity contribution in [1.29, 1.82) is 0 Å². The van der Waals surface area contributed by atoms with Crippen LogP contribution in [0, 0.1) is 0 Å². The summed E-state index contributed by atoms with van der Waals surface area (Å²) in [6.07, 6.45) is 1.75. The highest BCUT2D eigenvalue weighted by molar-refractivity contribution is 9.10. The Kier molecular flexibility index (Phi) is 3.91. The molecule has 0 amide bonds. The van der Waals surface area contributed by atoms with Gasteiger partial charge in [-0.1, -0.05) is 13.8 Å². The van der Waals surface area contributed by atoms with E-state index in [4.69, 9.17) is 0 Å². The Hall–Kier alpha value is -1.49. The number of halogens is 1. The maximum absolute atomic E-state index is 4.55. The maximum Gasteiger partial charge on any atom is 0.180 e. The summed E-state index contributed by atoms with van der Waals surface area (Å²) in [6.45, 7) is 4.22. The van der Waals surface area contributed by atoms with Gasteiger partial charge in [0.15, 0.2) is 5.82 Å². The molecule has 94 valence electrons. The SMILES string of the molecule is CNc1cc(C(C)C)nc(-c2ccc(Br)cn2)n1. The molecule has 2 aromatic rings. The molecule has 0 fully saturated rings. The van der Waals surface area contributed by atoms with E-state index in [1.54, 1.807) is 6.20 Å². The predicted octanol–water partition coefficient (Wildman–Crippen LogP) is 3.47. The van der Waals surface area contributed by atoms with Crippen molar-refractivity contribution in [3.05, 3.63) is 34.6 Å². The molecule has 0 aliphatic carbocycles. The van der Waals surface area contributed by atoms with Gasteiger partial charge in [-0.2, -0.15) is 0 Å². The van der Waals surface area contributed by atoms with E-state index < -0.39 is 0 Å². The van der Waals surface area contributed by atoms with Crippen molar-refractivity contribution in [3.8, 4) is 11.5 Å². The third-order valence-electron chi connectivity index (χ3n) is 2.55. The van der Waals surface area contributed by atoms with Gasteiger partial charge in [-0.15, -0.1) is 0 Å². The molecule has 4 nitrogen and oxygen atoms in total. The molecule has 0 saturated carbocycles. The minimum absolute atomic E-state index is 0.356. The van der Waals surface area contributed by atoms with Gasteiger partial charge in [-0.3, -0.25) is 4.98 Å². The molecule has 5 heteroatoms. The Bertz CT molecular complexity index is 537. The fourth-order valence-corrected chi connectivity index (χ4v) is 1.75. The van der Waals surface area contributed by atoms with Crippen LogP contribution in [0.25, 0.3) is 11.5 Å². The molecule has 2 rings (SSSR count). The van der Waals surface area contributed by atoms with E-state index in [0.29, 0.717) is 11.7 Å². The van der Waals surface area contributed by atoms with Gasteiger partial charge in [0.25, 0.3) is 0 Å². The molecular formula is C13H15BrN4. The lowest BCUT2D eigenvalue weighted by atomic mass is 10.1. The standard InChI is InChI=1S/C13H15BrN4/c1-8(2)11-6-12(15-3)18-13(17-11)10-5-4-9(14)7-16-10/h4-8H,1-3H3,(H,15,17,18). The second-order valence-electron chi connectivity index (χ2n) is 4.27. The zero-order valence-electron chi connectivity index (χ0n) is 10.6. The third kappa shape index (κ3) is 2.85. The van der Waals surface area contributed by atoms with E-state index >= 15 is 0 Å². The van der Waals surface area contributed by atoms with Gasteiger partial charge >= 0.3 is 0 Å². The summed E-state index contributed by atoms with van der Waals surface area (Å²) in [7, 11) is 1.85. The number of hydrogen-bond donors (Lipinski definition) is 1. The first-order valence-corrected chi connectivity index (χ1v) is 6.58. The fourth-order valence-electron chi connectivity index (χ4n) is 1.51. The van der Waals surface area contributed by atoms with Gasteiger partial charge < -0.3 is 5.32 Å². The van der Waals surface area contributed by atoms with Crippen molar-refractivity contribution < 1.29 is 0 Å². The summed E-state index contributed by atoms with van der Waals surface area (Å²) in [4.78, 5) is 13.3. The topological polar surface area (TPSA) is 50.7 Å². The zero-order valence-corrected chi connectivity index (χ0v) is 12.2. The summed E-state index contributed by atoms with van der Waals surface area (Å²) in [6, 6.07) is 5.81. The van der Waals surface area contributed by atoms with Gasteiger partial charge in [0.05, 0.1) is 0 Å². The number of pyridine rings is 1. The van der Waals surface area contributed by atoms with E-state index in [1.807, 2.05) is 25.2 Å². The van der Waals surface area contributed by atoms with Crippen LogP contribution >= 0.6 is 15.9 Å². The zero-order chi connectivity index (χ0) is 13.1. The summed E-state index contributed by atoms with van der Waals surface area (Å²) >= 11 is 3.37. The molecule has 0 saturated heterocycles. The molecule has 2 aromatic heterocycles. The third-order valence-corrected chi connectivity index (χ3v) is 3.02. The monoisotopic (exact) mass is 306 g/mol. The summed E-state index contributed by atoms with van der Waals surface area (Å²) in [5.41, 5.74) is 1.78. The lowest BCUT2D eigenvalue weighted by Crippen LogP contribution is -2.02. The quantitative estimate of drug-likeness (QED) is 0.943. The molecule has 1 N–H and O–H groups in total. The molecule has 0 atom stereocenters. The fraction of sp³-hybridized carbons (Fsp3) is 0.308. The lowest BCUT2D eigenvalue weighted by molar-refractivity contribution is 0.816. The molecular weight excluding hydrogens is 292 g/mol. The first-order chi connectivity index (χ1) is 8.60. The minimum atomic E-state index is 0.356. The smallest absolute Gasteiger partial charge is 0.180 e. The molecule has 18 heavy (non-hydrogen) atoms. The summed E-state index contributed by atoms with van der Waals surface area (Å²) < 4.78 is 0.945. The maximum atomic E-state index is 4.55. The molecule has 0 spiro atoms. The first-order valence-electron chi connectivity index (χ1n) is 5.79. The van der Waals surface area contributed by atoms with Crippen molar-refractivity contribution in [2.24, 2.45) is 0 Å². The van der Waals surface area contributed by atoms with Crippen LogP contribution in [-0.4, -0.2) is 22.0 Å². The Morgan fingerprint density at radius 3 is 2.56 bits per heavy atom. The highest BCUT2D eigenvalue weighted by atomic mass is 79.9. The molecule has 0 aromatic carbocycles. The number of rotatable bonds is 3. The van der Waals surface area contributed by atoms with Gasteiger partial charge in [0.1, 0.15) is 11.5 Å². The predicted molar refractivity (Wildman–Crippen MR) is 76.6 cm³/mol. The van der Waals surface area contributed by atoms with Crippen LogP contribution in [0.4, 0.5) is 5.82 Å². The molecule has 2 heterocycles. The van der Waals surface area contributed by atoms with Crippen LogP contribution in [0.1, 0.15) is 25.5 Å². The average Bonchev–Trinajstić information content (AvgIpc) is 2.39. The largest absolute Gasteiger partial charge is 0.373 e. The highest BCUT2D eigenvalue weighted by Crippen LogP contribution is 2.21. The van der Waals surface area contributed by atoms with Crippen LogP contribution in [0.15, 0.2) is 28.9 Å². The van der Waals surface area contributed by atoms with Crippen molar-refractivity contribution in [1.82, 2.24) is 15.0 Å². The van der Waals surface area contributed by atoms with Gasteiger partial charge in [0, 0.05) is 29.5 Å². The minimum Gasteiger partial charge on any atom is -0.373 e. The van der Waals surface area contributed by atoms with Crippen molar-refractivity contribution in [3.63, 3.8) is 0 Å². The van der Waals surface area contributed by atoms with E-state index in [-0.39, 0.29) is 0 Å².